The van der Waals surface area contributed by atoms with Crippen molar-refractivity contribution in [3.63, 3.8) is 0 Å². The predicted molar refractivity (Wildman–Crippen MR) is 56.3 cm³/mol. The van der Waals surface area contributed by atoms with Gasteiger partial charge in [-0.1, -0.05) is 12.1 Å². The van der Waals surface area contributed by atoms with Crippen LogP contribution >= 0.6 is 11.8 Å². The van der Waals surface area contributed by atoms with Gasteiger partial charge in [0.25, 0.3) is 5.69 Å². The van der Waals surface area contributed by atoms with Crippen LogP contribution in [0.5, 0.6) is 0 Å². The van der Waals surface area contributed by atoms with Gasteiger partial charge >= 0.3 is 0 Å². The first kappa shape index (κ1) is 11.0. The largest absolute Gasteiger partial charge is 0.396 e. The van der Waals surface area contributed by atoms with Gasteiger partial charge < -0.3 is 5.11 Å². The van der Waals surface area contributed by atoms with Crippen LogP contribution in [0.15, 0.2) is 24.3 Å². The number of nitrogens with zero attached hydrogens (tertiary/aromatic N) is 1. The average molecular weight is 213 g/mol. The number of hydrogen-bond acceptors (Lipinski definition) is 4. The monoisotopic (exact) mass is 213 g/mol. The summed E-state index contributed by atoms with van der Waals surface area (Å²) in [6.07, 6.45) is 0. The van der Waals surface area contributed by atoms with Gasteiger partial charge in [-0.25, -0.2) is 0 Å². The molecule has 76 valence electrons. The molecule has 0 radical (unpaired) electrons. The molecule has 0 aromatic heterocycles. The molecule has 5 heteroatoms. The molecule has 0 unspecified atom stereocenters. The molecule has 0 aliphatic carbocycles. The average Bonchev–Trinajstić information content (AvgIpc) is 2.19. The van der Waals surface area contributed by atoms with Crippen LogP contribution in [0.1, 0.15) is 5.56 Å². The Morgan fingerprint density at radius 2 is 2.00 bits per heavy atom. The summed E-state index contributed by atoms with van der Waals surface area (Å²) in [5.74, 6) is 1.47. The number of aliphatic hydroxyl groups is 1. The molecule has 1 rings (SSSR count). The van der Waals surface area contributed by atoms with Crippen LogP contribution in [0.4, 0.5) is 5.69 Å². The number of nitro groups is 1. The third kappa shape index (κ3) is 3.35. The van der Waals surface area contributed by atoms with Crippen molar-refractivity contribution in [3.05, 3.63) is 39.9 Å². The number of benzene rings is 1. The fourth-order valence-corrected chi connectivity index (χ4v) is 1.67. The molecule has 1 N–H and O–H groups in total. The lowest BCUT2D eigenvalue weighted by Gasteiger charge is -1.99. The van der Waals surface area contributed by atoms with Crippen LogP contribution in [0.2, 0.25) is 0 Å². The lowest BCUT2D eigenvalue weighted by atomic mass is 10.2. The number of nitro benzene ring substituents is 1. The standard InChI is InChI=1S/C9H11NO3S/c11-5-6-14-7-8-1-3-9(4-2-8)10(12)13/h1-4,11H,5-7H2. The Morgan fingerprint density at radius 3 is 2.50 bits per heavy atom. The molecule has 0 saturated heterocycles. The third-order valence-electron chi connectivity index (χ3n) is 1.65. The van der Waals surface area contributed by atoms with Gasteiger partial charge in [0.05, 0.1) is 11.5 Å². The van der Waals surface area contributed by atoms with E-state index in [0.29, 0.717) is 5.75 Å². The second-order valence-corrected chi connectivity index (χ2v) is 3.80. The summed E-state index contributed by atoms with van der Waals surface area (Å²) < 4.78 is 0. The highest BCUT2D eigenvalue weighted by Gasteiger charge is 2.03. The van der Waals surface area contributed by atoms with E-state index >= 15 is 0 Å². The van der Waals surface area contributed by atoms with Crippen molar-refractivity contribution >= 4 is 17.4 Å². The highest BCUT2D eigenvalue weighted by Crippen LogP contribution is 2.16. The van der Waals surface area contributed by atoms with E-state index in [0.717, 1.165) is 11.3 Å². The summed E-state index contributed by atoms with van der Waals surface area (Å²) in [4.78, 5) is 9.93. The van der Waals surface area contributed by atoms with Gasteiger partial charge in [-0.2, -0.15) is 11.8 Å². The van der Waals surface area contributed by atoms with E-state index in [1.54, 1.807) is 23.9 Å². The van der Waals surface area contributed by atoms with Crippen LogP contribution in [0.25, 0.3) is 0 Å². The summed E-state index contributed by atoms with van der Waals surface area (Å²) >= 11 is 1.60. The molecular formula is C9H11NO3S. The maximum absolute atomic E-state index is 10.3. The summed E-state index contributed by atoms with van der Waals surface area (Å²) in [7, 11) is 0. The zero-order chi connectivity index (χ0) is 10.4. The fraction of sp³-hybridized carbons (Fsp3) is 0.333. The van der Waals surface area contributed by atoms with Crippen molar-refractivity contribution < 1.29 is 10.0 Å². The van der Waals surface area contributed by atoms with Crippen molar-refractivity contribution in [1.82, 2.24) is 0 Å². The SMILES string of the molecule is O=[N+]([O-])c1ccc(CSCCO)cc1. The Morgan fingerprint density at radius 1 is 1.36 bits per heavy atom. The van der Waals surface area contributed by atoms with Gasteiger partial charge in [-0.05, 0) is 5.56 Å². The third-order valence-corrected chi connectivity index (χ3v) is 2.66. The van der Waals surface area contributed by atoms with Crippen LogP contribution < -0.4 is 0 Å². The highest BCUT2D eigenvalue weighted by molar-refractivity contribution is 7.98. The molecule has 0 aliphatic heterocycles. The first-order chi connectivity index (χ1) is 6.74. The second-order valence-electron chi connectivity index (χ2n) is 2.70. The lowest BCUT2D eigenvalue weighted by Crippen LogP contribution is -1.90. The number of non-ortho nitro benzene ring substituents is 1. The molecular weight excluding hydrogens is 202 g/mol. The summed E-state index contributed by atoms with van der Waals surface area (Å²) in [6.45, 7) is 0.164. The van der Waals surface area contributed by atoms with Gasteiger partial charge in [0.1, 0.15) is 0 Å². The van der Waals surface area contributed by atoms with Crippen molar-refractivity contribution in [2.45, 2.75) is 5.75 Å². The van der Waals surface area contributed by atoms with Crippen molar-refractivity contribution in [2.75, 3.05) is 12.4 Å². The normalized spacial score (nSPS) is 10.1. The van der Waals surface area contributed by atoms with Gasteiger partial charge in [-0.15, -0.1) is 0 Å². The molecule has 0 amide bonds. The highest BCUT2D eigenvalue weighted by atomic mass is 32.2. The van der Waals surface area contributed by atoms with Crippen molar-refractivity contribution in [1.29, 1.82) is 0 Å². The predicted octanol–water partition coefficient (Wildman–Crippen LogP) is 1.82. The minimum Gasteiger partial charge on any atom is -0.396 e. The molecule has 14 heavy (non-hydrogen) atoms. The number of rotatable bonds is 5. The lowest BCUT2D eigenvalue weighted by molar-refractivity contribution is -0.384. The van der Waals surface area contributed by atoms with Gasteiger partial charge in [0.2, 0.25) is 0 Å². The quantitative estimate of drug-likeness (QED) is 0.460. The topological polar surface area (TPSA) is 63.4 Å². The van der Waals surface area contributed by atoms with Crippen LogP contribution in [0, 0.1) is 10.1 Å². The first-order valence-electron chi connectivity index (χ1n) is 4.16. The summed E-state index contributed by atoms with van der Waals surface area (Å²) in [6, 6.07) is 6.47. The van der Waals surface area contributed by atoms with Gasteiger partial charge in [-0.3, -0.25) is 10.1 Å². The molecule has 0 saturated carbocycles. The Balaban J connectivity index is 2.51. The summed E-state index contributed by atoms with van der Waals surface area (Å²) in [5, 5.41) is 18.9. The van der Waals surface area contributed by atoms with E-state index in [2.05, 4.69) is 0 Å². The maximum atomic E-state index is 10.3. The number of thioether (sulfide) groups is 1. The minimum atomic E-state index is -0.412. The van der Waals surface area contributed by atoms with Crippen molar-refractivity contribution in [2.24, 2.45) is 0 Å². The maximum Gasteiger partial charge on any atom is 0.269 e. The molecule has 0 bridgehead atoms. The Hall–Kier alpha value is -1.07. The van der Waals surface area contributed by atoms with Crippen LogP contribution in [-0.4, -0.2) is 22.4 Å². The molecule has 4 nitrogen and oxygen atoms in total. The Labute approximate surface area is 86.1 Å². The smallest absolute Gasteiger partial charge is 0.269 e. The van der Waals surface area contributed by atoms with E-state index in [4.69, 9.17) is 5.11 Å². The van der Waals surface area contributed by atoms with E-state index in [1.807, 2.05) is 0 Å². The van der Waals surface area contributed by atoms with Gasteiger partial charge in [0.15, 0.2) is 0 Å². The van der Waals surface area contributed by atoms with E-state index in [-0.39, 0.29) is 12.3 Å². The molecule has 0 heterocycles. The molecule has 1 aromatic rings. The molecule has 0 aliphatic rings. The Kier molecular flexibility index (Phi) is 4.42. The van der Waals surface area contributed by atoms with E-state index < -0.39 is 4.92 Å². The number of aliphatic hydroxyl groups excluding tert-OH is 1. The molecule has 1 aromatic carbocycles. The molecule has 0 spiro atoms. The Bertz CT molecular complexity index is 299. The van der Waals surface area contributed by atoms with Gasteiger partial charge in [0, 0.05) is 23.6 Å². The van der Waals surface area contributed by atoms with E-state index in [9.17, 15) is 10.1 Å². The molecule has 0 fully saturated rings. The number of hydrogen-bond donors (Lipinski definition) is 1. The zero-order valence-corrected chi connectivity index (χ0v) is 8.37. The van der Waals surface area contributed by atoms with Crippen molar-refractivity contribution in [3.8, 4) is 0 Å². The second kappa shape index (κ2) is 5.62. The molecule has 0 atom stereocenters. The zero-order valence-electron chi connectivity index (χ0n) is 7.55. The minimum absolute atomic E-state index is 0.112. The van der Waals surface area contributed by atoms with Crippen LogP contribution in [0.3, 0.4) is 0 Å². The van der Waals surface area contributed by atoms with E-state index in [1.165, 1.54) is 12.1 Å². The fourth-order valence-electron chi connectivity index (χ4n) is 0.968. The van der Waals surface area contributed by atoms with Crippen LogP contribution in [-0.2, 0) is 5.75 Å². The summed E-state index contributed by atoms with van der Waals surface area (Å²) in [5.41, 5.74) is 1.15. The first-order valence-corrected chi connectivity index (χ1v) is 5.31.